The van der Waals surface area contributed by atoms with Gasteiger partial charge in [0.15, 0.2) is 6.29 Å². The van der Waals surface area contributed by atoms with Gasteiger partial charge in [0.1, 0.15) is 56.7 Å². The summed E-state index contributed by atoms with van der Waals surface area (Å²) in [5, 5.41) is 58.5. The Bertz CT molecular complexity index is 4080. The van der Waals surface area contributed by atoms with Crippen LogP contribution >= 0.6 is 45.2 Å². The van der Waals surface area contributed by atoms with Crippen LogP contribution in [-0.4, -0.2) is 134 Å². The molecule has 29 heteroatoms. The van der Waals surface area contributed by atoms with Crippen molar-refractivity contribution >= 4 is 144 Å². The molecule has 0 unspecified atom stereocenters. The highest BCUT2D eigenvalue weighted by Crippen LogP contribution is 2.23. The van der Waals surface area contributed by atoms with Crippen molar-refractivity contribution < 1.29 is 106 Å². The number of carboxylic acids is 1. The number of phenols is 5. The minimum Gasteiger partial charge on any atom is -0.508 e. The molecule has 9 N–H and O–H groups in total. The van der Waals surface area contributed by atoms with Crippen LogP contribution in [0.3, 0.4) is 0 Å². The first-order chi connectivity index (χ1) is 46.2. The number of carbonyl (C=O) groups excluding carboxylic acids is 7. The second-order valence-electron chi connectivity index (χ2n) is 21.0. The fraction of sp³-hybridized carbons (Fsp3) is 0.300. The van der Waals surface area contributed by atoms with Crippen LogP contribution in [0.15, 0.2) is 149 Å². The summed E-state index contributed by atoms with van der Waals surface area (Å²) in [7, 11) is 3.80. The smallest absolute Gasteiger partial charge is 0.343 e. The van der Waals surface area contributed by atoms with Gasteiger partial charge in [-0.15, -0.1) is 0 Å². The number of hydrogen-bond donors (Lipinski definition) is 8. The molecule has 538 valence electrons. The van der Waals surface area contributed by atoms with Crippen LogP contribution in [0, 0.1) is 0 Å². The van der Waals surface area contributed by atoms with E-state index in [9.17, 15) is 68.1 Å². The highest BCUT2D eigenvalue weighted by molar-refractivity contribution is 14.1. The molecule has 0 saturated carbocycles. The van der Waals surface area contributed by atoms with E-state index in [4.69, 9.17) is 43.8 Å². The van der Waals surface area contributed by atoms with Gasteiger partial charge in [-0.25, -0.2) is 28.8 Å². The van der Waals surface area contributed by atoms with E-state index in [2.05, 4.69) is 64.7 Å². The number of carbonyl (C=O) groups is 8. The molecule has 4 aromatic carbocycles. The number of methoxy groups -OCH3 is 3. The summed E-state index contributed by atoms with van der Waals surface area (Å²) in [6.07, 6.45) is 12.0. The van der Waals surface area contributed by atoms with Crippen LogP contribution in [0.1, 0.15) is 108 Å². The van der Waals surface area contributed by atoms with Crippen molar-refractivity contribution in [2.45, 2.75) is 92.3 Å². The monoisotopic (exact) mass is 1610 g/mol. The molecule has 0 spiro atoms. The molecule has 0 aliphatic rings. The maximum Gasteiger partial charge on any atom is 0.343 e. The van der Waals surface area contributed by atoms with Crippen LogP contribution in [-0.2, 0) is 57.2 Å². The predicted molar refractivity (Wildman–Crippen MR) is 391 cm³/mol. The SMILES string of the molecule is C.CC(C)(C)OC(=O)CCCN.CC(C)(C)OC(=O)CCCNC(=O)/C=C/c1cc2ccc(O)cc2oc1=O.CI.CI.COC(=O)/C=C/CC(=O)OC.COC(=O)/C=C/c1cc2ccc(O)cc2oc1=O.O=C(O)/C=C/c1cc2ccc(O)cc2oc1=O.O=Cc1ccc(O)cc1O. The number of carboxylic acid groups (broad SMARTS) is 1. The number of hydrogen-bond acceptors (Lipinski definition) is 25. The van der Waals surface area contributed by atoms with Crippen molar-refractivity contribution in [2.75, 3.05) is 44.3 Å². The Morgan fingerprint density at radius 3 is 1.24 bits per heavy atom. The first kappa shape index (κ1) is 90.9. The number of phenolic OH excluding ortho intramolecular Hbond substituents is 5. The molecular formula is C70H84I2N2O25. The summed E-state index contributed by atoms with van der Waals surface area (Å²) >= 11 is 4.30. The lowest BCUT2D eigenvalue weighted by atomic mass is 10.1. The number of benzene rings is 4. The Kier molecular flexibility index (Phi) is 44.6. The lowest BCUT2D eigenvalue weighted by molar-refractivity contribution is -0.156. The number of nitrogens with two attached hydrogens (primary N) is 1. The molecule has 3 heterocycles. The van der Waals surface area contributed by atoms with Gasteiger partial charge in [0, 0.05) is 84.1 Å². The van der Waals surface area contributed by atoms with Gasteiger partial charge in [0.2, 0.25) is 5.91 Å². The van der Waals surface area contributed by atoms with Gasteiger partial charge in [-0.1, -0.05) is 58.7 Å². The third-order valence-electron chi connectivity index (χ3n) is 11.0. The van der Waals surface area contributed by atoms with Crippen LogP contribution < -0.4 is 27.9 Å². The molecule has 99 heavy (non-hydrogen) atoms. The van der Waals surface area contributed by atoms with Crippen molar-refractivity contribution in [1.29, 1.82) is 0 Å². The first-order valence-electron chi connectivity index (χ1n) is 28.8. The van der Waals surface area contributed by atoms with E-state index >= 15 is 0 Å². The van der Waals surface area contributed by atoms with Crippen LogP contribution in [0.25, 0.3) is 51.1 Å². The Hall–Kier alpha value is -10.2. The standard InChI is InChI=1S/C20H23NO6.C13H10O5.C12H8O5.C8H17NO2.C7H10O4.C7H6O3.2CH3I.CH4/c1-20(2,3)27-18(24)5-4-10-21-17(23)9-7-14-11-13-6-8-15(22)12-16(13)26-19(14)25;1-17-12(15)5-3-9-6-8-2-4-10(14)7-11(8)18-13(9)16;13-9-3-1-7-5-8(2-4-11(14)15)12(16)17-10(7)6-9;1-8(2,3)11-7(10)5-4-6-9;1-10-6(8)4-3-5-7(9)11-2;8-4-5-1-2-6(9)3-7(5)10;2*1-2;/h6-9,11-12,22H,4-5,10H2,1-3H3,(H,21,23);2-7,14H,1H3;1-6,13H,(H,14,15);4-6,9H2,1-3H3;3-4H,5H2,1-2H3;1-4,9-10H;2*1H3;1H4/b9-7+;5-3+;4-2+;;4-3+;;;;. The summed E-state index contributed by atoms with van der Waals surface area (Å²) in [4.78, 5) is 126. The molecule has 0 bridgehead atoms. The zero-order chi connectivity index (χ0) is 74.7. The van der Waals surface area contributed by atoms with E-state index < -0.39 is 40.4 Å². The molecule has 27 nitrogen and oxygen atoms in total. The number of fused-ring (bicyclic) bond motifs is 3. The Balaban J connectivity index is 0. The maximum atomic E-state index is 11.9. The van der Waals surface area contributed by atoms with Gasteiger partial charge in [-0.2, -0.15) is 0 Å². The second-order valence-corrected chi connectivity index (χ2v) is 21.0. The first-order valence-corrected chi connectivity index (χ1v) is 33.1. The molecule has 0 fully saturated rings. The number of esters is 5. The third kappa shape index (κ3) is 39.6. The van der Waals surface area contributed by atoms with E-state index in [0.29, 0.717) is 54.8 Å². The number of aromatic hydroxyl groups is 5. The number of alkyl halides is 2. The minimum atomic E-state index is -1.14. The number of ether oxygens (including phenoxy) is 5. The van der Waals surface area contributed by atoms with Crippen molar-refractivity contribution in [2.24, 2.45) is 5.73 Å². The van der Waals surface area contributed by atoms with Crippen molar-refractivity contribution in [1.82, 2.24) is 5.32 Å². The van der Waals surface area contributed by atoms with Gasteiger partial charge < -0.3 is 78.6 Å². The van der Waals surface area contributed by atoms with Crippen LogP contribution in [0.2, 0.25) is 0 Å². The topological polar surface area (TPSA) is 433 Å². The van der Waals surface area contributed by atoms with Crippen molar-refractivity contribution in [3.05, 3.63) is 175 Å². The number of amides is 1. The third-order valence-corrected chi connectivity index (χ3v) is 11.0. The second kappa shape index (κ2) is 48.5. The average Bonchev–Trinajstić information content (AvgIpc) is 0.832. The molecule has 0 saturated heterocycles. The normalized spacial score (nSPS) is 10.4. The highest BCUT2D eigenvalue weighted by Gasteiger charge is 2.17. The van der Waals surface area contributed by atoms with Crippen molar-refractivity contribution in [3.63, 3.8) is 0 Å². The number of nitrogens with one attached hydrogen (secondary N) is 1. The lowest BCUT2D eigenvalue weighted by Gasteiger charge is -2.19. The zero-order valence-electron chi connectivity index (χ0n) is 55.6. The van der Waals surface area contributed by atoms with E-state index in [1.807, 2.05) is 30.6 Å². The zero-order valence-corrected chi connectivity index (χ0v) is 59.9. The molecule has 7 rings (SSSR count). The maximum absolute atomic E-state index is 11.9. The minimum absolute atomic E-state index is 0. The number of aldehydes is 1. The van der Waals surface area contributed by atoms with Crippen LogP contribution in [0.4, 0.5) is 0 Å². The lowest BCUT2D eigenvalue weighted by Crippen LogP contribution is -2.26. The van der Waals surface area contributed by atoms with Crippen molar-refractivity contribution in [3.8, 4) is 28.7 Å². The number of rotatable bonds is 17. The average molecular weight is 1610 g/mol. The molecule has 3 aromatic heterocycles. The van der Waals surface area contributed by atoms with Gasteiger partial charge in [0.25, 0.3) is 0 Å². The number of aliphatic carboxylic acids is 1. The summed E-state index contributed by atoms with van der Waals surface area (Å²) in [5.41, 5.74) is 4.07. The van der Waals surface area contributed by atoms with Crippen LogP contribution in [0.5, 0.6) is 28.7 Å². The van der Waals surface area contributed by atoms with Gasteiger partial charge in [-0.05, 0) is 156 Å². The molecule has 7 aromatic rings. The predicted octanol–water partition coefficient (Wildman–Crippen LogP) is 11.0. The quantitative estimate of drug-likeness (QED) is 0.00613. The molecule has 0 aliphatic heterocycles. The Morgan fingerprint density at radius 1 is 0.505 bits per heavy atom. The molecule has 0 radical (unpaired) electrons. The fourth-order valence-electron chi connectivity index (χ4n) is 6.82. The summed E-state index contributed by atoms with van der Waals surface area (Å²) in [6.45, 7) is 11.8. The summed E-state index contributed by atoms with van der Waals surface area (Å²) < 4.78 is 38.3. The highest BCUT2D eigenvalue weighted by atomic mass is 127. The van der Waals surface area contributed by atoms with E-state index in [0.717, 1.165) is 18.2 Å². The number of halogens is 2. The van der Waals surface area contributed by atoms with E-state index in [1.165, 1.54) is 112 Å². The summed E-state index contributed by atoms with van der Waals surface area (Å²) in [6, 6.07) is 21.7. The van der Waals surface area contributed by atoms with E-state index in [1.54, 1.807) is 51.1 Å². The molecule has 0 aliphatic carbocycles. The van der Waals surface area contributed by atoms with Gasteiger partial charge >= 0.3 is 52.7 Å². The van der Waals surface area contributed by atoms with Gasteiger partial charge in [0.05, 0.1) is 50.0 Å². The Labute approximate surface area is 597 Å². The molecular weight excluding hydrogens is 1520 g/mol. The van der Waals surface area contributed by atoms with E-state index in [-0.39, 0.29) is 117 Å². The fourth-order valence-corrected chi connectivity index (χ4v) is 6.82. The van der Waals surface area contributed by atoms with Gasteiger partial charge in [-0.3, -0.25) is 24.0 Å². The Morgan fingerprint density at radius 2 is 0.879 bits per heavy atom. The molecule has 0 atom stereocenters. The largest absolute Gasteiger partial charge is 0.508 e. The summed E-state index contributed by atoms with van der Waals surface area (Å²) in [5.74, 6) is -3.66. The molecule has 1 amide bonds.